The lowest BCUT2D eigenvalue weighted by Crippen LogP contribution is -2.45. The first kappa shape index (κ1) is 26.7. The molecule has 6 heteroatoms. The minimum absolute atomic E-state index is 0.0183. The van der Waals surface area contributed by atoms with Crippen LogP contribution in [0.2, 0.25) is 18.1 Å². The summed E-state index contributed by atoms with van der Waals surface area (Å²) in [7, 11) is -1.85. The molecular formula is C30H44N2O3Si. The Hall–Kier alpha value is -2.31. The van der Waals surface area contributed by atoms with E-state index in [0.29, 0.717) is 12.5 Å². The first-order chi connectivity index (χ1) is 16.9. The van der Waals surface area contributed by atoms with E-state index in [2.05, 4.69) is 82.6 Å². The largest absolute Gasteiger partial charge is 0.488 e. The van der Waals surface area contributed by atoms with E-state index in [9.17, 15) is 4.79 Å². The molecule has 1 aliphatic carbocycles. The van der Waals surface area contributed by atoms with Crippen LogP contribution in [0.3, 0.4) is 0 Å². The van der Waals surface area contributed by atoms with Gasteiger partial charge in [-0.15, -0.1) is 0 Å². The SMILES string of the molecule is CC(C)c1cccc2c1OC(CNC(=O)Nc1cccc3c1CC(O[Si](C)(C)C(C)(C)C)CC3)CC2. The molecule has 2 aromatic carbocycles. The average molecular weight is 509 g/mol. The molecule has 1 heterocycles. The highest BCUT2D eigenvalue weighted by Crippen LogP contribution is 2.40. The van der Waals surface area contributed by atoms with Gasteiger partial charge >= 0.3 is 6.03 Å². The molecule has 0 spiro atoms. The molecule has 2 aliphatic rings. The zero-order valence-corrected chi connectivity index (χ0v) is 24.2. The minimum Gasteiger partial charge on any atom is -0.488 e. The number of para-hydroxylation sites is 1. The van der Waals surface area contributed by atoms with Gasteiger partial charge in [-0.25, -0.2) is 4.79 Å². The predicted octanol–water partition coefficient (Wildman–Crippen LogP) is 7.20. The molecule has 0 fully saturated rings. The lowest BCUT2D eigenvalue weighted by atomic mass is 9.88. The molecule has 0 saturated carbocycles. The van der Waals surface area contributed by atoms with Crippen LogP contribution in [-0.2, 0) is 23.7 Å². The van der Waals surface area contributed by atoms with Gasteiger partial charge in [-0.1, -0.05) is 65.0 Å². The first-order valence-electron chi connectivity index (χ1n) is 13.6. The van der Waals surface area contributed by atoms with Crippen molar-refractivity contribution >= 4 is 20.0 Å². The van der Waals surface area contributed by atoms with Crippen molar-refractivity contribution in [2.75, 3.05) is 11.9 Å². The van der Waals surface area contributed by atoms with E-state index in [1.54, 1.807) is 0 Å². The fraction of sp³-hybridized carbons (Fsp3) is 0.567. The van der Waals surface area contributed by atoms with Gasteiger partial charge in [-0.05, 0) is 84.5 Å². The molecule has 36 heavy (non-hydrogen) atoms. The highest BCUT2D eigenvalue weighted by atomic mass is 28.4. The van der Waals surface area contributed by atoms with Crippen molar-refractivity contribution < 1.29 is 14.0 Å². The topological polar surface area (TPSA) is 59.6 Å². The van der Waals surface area contributed by atoms with Crippen LogP contribution in [0, 0.1) is 0 Å². The normalized spacial score (nSPS) is 19.8. The van der Waals surface area contributed by atoms with Crippen molar-refractivity contribution in [2.45, 2.75) is 103 Å². The molecule has 5 nitrogen and oxygen atoms in total. The van der Waals surface area contributed by atoms with Crippen LogP contribution in [0.1, 0.15) is 75.6 Å². The third-order valence-electron chi connectivity index (χ3n) is 8.22. The monoisotopic (exact) mass is 508 g/mol. The van der Waals surface area contributed by atoms with Crippen LogP contribution in [0.5, 0.6) is 5.75 Å². The van der Waals surface area contributed by atoms with Crippen molar-refractivity contribution in [3.05, 3.63) is 58.7 Å². The van der Waals surface area contributed by atoms with Crippen molar-refractivity contribution in [3.63, 3.8) is 0 Å². The number of nitrogens with one attached hydrogen (secondary N) is 2. The van der Waals surface area contributed by atoms with Gasteiger partial charge in [-0.3, -0.25) is 0 Å². The zero-order chi connectivity index (χ0) is 26.1. The molecule has 196 valence electrons. The lowest BCUT2D eigenvalue weighted by Gasteiger charge is -2.40. The van der Waals surface area contributed by atoms with Gasteiger partial charge in [0.05, 0.1) is 6.54 Å². The van der Waals surface area contributed by atoms with E-state index in [4.69, 9.17) is 9.16 Å². The summed E-state index contributed by atoms with van der Waals surface area (Å²) in [5.41, 5.74) is 5.94. The summed E-state index contributed by atoms with van der Waals surface area (Å²) in [6.45, 7) is 16.4. The summed E-state index contributed by atoms with van der Waals surface area (Å²) in [5, 5.41) is 6.36. The van der Waals surface area contributed by atoms with Crippen molar-refractivity contribution in [1.82, 2.24) is 5.32 Å². The number of rotatable bonds is 6. The van der Waals surface area contributed by atoms with Crippen molar-refractivity contribution in [2.24, 2.45) is 0 Å². The standard InChI is InChI=1S/C30H44N2O3Si/c1-20(2)25-12-8-11-22-15-17-24(34-28(22)25)19-31-29(33)32-27-13-9-10-21-14-16-23(18-26(21)27)35-36(6,7)30(3,4)5/h8-13,20,23-24H,14-19H2,1-7H3,(H2,31,32,33). The summed E-state index contributed by atoms with van der Waals surface area (Å²) in [6, 6.07) is 12.5. The summed E-state index contributed by atoms with van der Waals surface area (Å²) in [5.74, 6) is 1.42. The Labute approximate surface area is 218 Å². The number of carbonyl (C=O) groups is 1. The fourth-order valence-corrected chi connectivity index (χ4v) is 6.41. The number of fused-ring (bicyclic) bond motifs is 2. The van der Waals surface area contributed by atoms with E-state index >= 15 is 0 Å². The highest BCUT2D eigenvalue weighted by molar-refractivity contribution is 6.74. The summed E-state index contributed by atoms with van der Waals surface area (Å²) in [6.07, 6.45) is 4.94. The third-order valence-corrected chi connectivity index (χ3v) is 12.8. The average Bonchev–Trinajstić information content (AvgIpc) is 2.81. The predicted molar refractivity (Wildman–Crippen MR) is 151 cm³/mol. The Kier molecular flexibility index (Phi) is 7.86. The minimum atomic E-state index is -1.85. The molecule has 2 amide bonds. The van der Waals surface area contributed by atoms with Crippen LogP contribution in [0.15, 0.2) is 36.4 Å². The number of aryl methyl sites for hydroxylation is 2. The summed E-state index contributed by atoms with van der Waals surface area (Å²) >= 11 is 0. The van der Waals surface area contributed by atoms with E-state index < -0.39 is 8.32 Å². The van der Waals surface area contributed by atoms with Crippen molar-refractivity contribution in [3.8, 4) is 5.75 Å². The van der Waals surface area contributed by atoms with E-state index in [1.165, 1.54) is 22.3 Å². The third kappa shape index (κ3) is 5.97. The zero-order valence-electron chi connectivity index (χ0n) is 23.2. The van der Waals surface area contributed by atoms with Crippen LogP contribution in [0.25, 0.3) is 0 Å². The lowest BCUT2D eigenvalue weighted by molar-refractivity contribution is 0.165. The van der Waals surface area contributed by atoms with E-state index in [-0.39, 0.29) is 23.3 Å². The maximum absolute atomic E-state index is 12.9. The molecule has 2 atom stereocenters. The number of benzene rings is 2. The maximum atomic E-state index is 12.9. The van der Waals surface area contributed by atoms with Gasteiger partial charge in [0.15, 0.2) is 8.32 Å². The Morgan fingerprint density at radius 3 is 2.50 bits per heavy atom. The second-order valence-corrected chi connectivity index (χ2v) is 17.0. The Morgan fingerprint density at radius 2 is 1.78 bits per heavy atom. The number of urea groups is 1. The fourth-order valence-electron chi connectivity index (χ4n) is 5.03. The van der Waals surface area contributed by atoms with Gasteiger partial charge in [0.25, 0.3) is 0 Å². The Balaban J connectivity index is 1.37. The molecule has 0 radical (unpaired) electrons. The van der Waals surface area contributed by atoms with Gasteiger partial charge < -0.3 is 19.8 Å². The van der Waals surface area contributed by atoms with Gasteiger partial charge in [0.2, 0.25) is 0 Å². The molecule has 0 aromatic heterocycles. The van der Waals surface area contributed by atoms with Gasteiger partial charge in [0.1, 0.15) is 11.9 Å². The molecular weight excluding hydrogens is 464 g/mol. The number of hydrogen-bond donors (Lipinski definition) is 2. The van der Waals surface area contributed by atoms with Crippen LogP contribution in [-0.4, -0.2) is 33.1 Å². The maximum Gasteiger partial charge on any atom is 0.319 e. The van der Waals surface area contributed by atoms with Crippen molar-refractivity contribution in [1.29, 1.82) is 0 Å². The summed E-state index contributed by atoms with van der Waals surface area (Å²) in [4.78, 5) is 12.9. The van der Waals surface area contributed by atoms with Gasteiger partial charge in [0, 0.05) is 11.8 Å². The molecule has 2 unspecified atom stereocenters. The summed E-state index contributed by atoms with van der Waals surface area (Å²) < 4.78 is 13.1. The molecule has 2 aromatic rings. The highest BCUT2D eigenvalue weighted by Gasteiger charge is 2.40. The Bertz CT molecular complexity index is 1090. The van der Waals surface area contributed by atoms with Gasteiger partial charge in [-0.2, -0.15) is 0 Å². The number of carbonyl (C=O) groups excluding carboxylic acids is 1. The van der Waals surface area contributed by atoms with Crippen LogP contribution < -0.4 is 15.4 Å². The number of anilines is 1. The molecule has 0 bridgehead atoms. The van der Waals surface area contributed by atoms with Crippen LogP contribution in [0.4, 0.5) is 10.5 Å². The quantitative estimate of drug-likeness (QED) is 0.406. The van der Waals surface area contributed by atoms with Crippen LogP contribution >= 0.6 is 0 Å². The Morgan fingerprint density at radius 1 is 1.08 bits per heavy atom. The smallest absolute Gasteiger partial charge is 0.319 e. The number of hydrogen-bond acceptors (Lipinski definition) is 3. The number of ether oxygens (including phenoxy) is 1. The second kappa shape index (κ2) is 10.6. The number of amides is 2. The molecule has 2 N–H and O–H groups in total. The molecule has 1 aliphatic heterocycles. The second-order valence-electron chi connectivity index (χ2n) is 12.3. The van der Waals surface area contributed by atoms with E-state index in [1.807, 2.05) is 12.1 Å². The molecule has 0 saturated heterocycles. The van der Waals surface area contributed by atoms with E-state index in [0.717, 1.165) is 43.5 Å². The molecule has 4 rings (SSSR count). The first-order valence-corrected chi connectivity index (χ1v) is 16.5.